The van der Waals surface area contributed by atoms with Crippen molar-refractivity contribution in [2.75, 3.05) is 33.2 Å². The maximum Gasteiger partial charge on any atom is 0.239 e. The predicted octanol–water partition coefficient (Wildman–Crippen LogP) is 0.927. The molecule has 4 nitrogen and oxygen atoms in total. The van der Waals surface area contributed by atoms with Gasteiger partial charge < -0.3 is 10.2 Å². The van der Waals surface area contributed by atoms with Gasteiger partial charge in [-0.05, 0) is 47.2 Å². The van der Waals surface area contributed by atoms with Crippen LogP contribution in [0.25, 0.3) is 0 Å². The minimum atomic E-state index is 0.0238. The Morgan fingerprint density at radius 1 is 1.47 bits per heavy atom. The number of nitrogens with one attached hydrogen (secondary N) is 1. The summed E-state index contributed by atoms with van der Waals surface area (Å²) in [5, 5.41) is 3.22. The van der Waals surface area contributed by atoms with Crippen molar-refractivity contribution in [3.05, 3.63) is 0 Å². The smallest absolute Gasteiger partial charge is 0.239 e. The summed E-state index contributed by atoms with van der Waals surface area (Å²) in [5.41, 5.74) is 0. The molecule has 17 heavy (non-hydrogen) atoms. The van der Waals surface area contributed by atoms with Gasteiger partial charge in [-0.2, -0.15) is 0 Å². The van der Waals surface area contributed by atoms with Gasteiger partial charge in [-0.1, -0.05) is 0 Å². The van der Waals surface area contributed by atoms with E-state index in [9.17, 15) is 4.79 Å². The zero-order valence-electron chi connectivity index (χ0n) is 11.7. The molecular weight excluding hydrogens is 214 g/mol. The summed E-state index contributed by atoms with van der Waals surface area (Å²) >= 11 is 0. The second-order valence-corrected chi connectivity index (χ2v) is 4.78. The van der Waals surface area contributed by atoms with Crippen molar-refractivity contribution >= 4 is 5.91 Å². The van der Waals surface area contributed by atoms with Crippen LogP contribution >= 0.6 is 0 Å². The largest absolute Gasteiger partial charge is 0.342 e. The summed E-state index contributed by atoms with van der Waals surface area (Å²) < 4.78 is 0. The molecule has 1 amide bonds. The third kappa shape index (κ3) is 3.42. The number of likely N-dealkylation sites (N-methyl/N-ethyl adjacent to an activating group) is 2. The van der Waals surface area contributed by atoms with E-state index in [1.165, 1.54) is 12.8 Å². The zero-order chi connectivity index (χ0) is 12.8. The normalized spacial score (nSPS) is 22.7. The van der Waals surface area contributed by atoms with Crippen molar-refractivity contribution in [3.8, 4) is 0 Å². The molecule has 0 aromatic rings. The highest BCUT2D eigenvalue weighted by Gasteiger charge is 2.32. The molecule has 0 saturated carbocycles. The van der Waals surface area contributed by atoms with Crippen molar-refractivity contribution < 1.29 is 4.79 Å². The van der Waals surface area contributed by atoms with Gasteiger partial charge in [-0.15, -0.1) is 0 Å². The summed E-state index contributed by atoms with van der Waals surface area (Å²) in [4.78, 5) is 16.6. The summed E-state index contributed by atoms with van der Waals surface area (Å²) in [6.07, 6.45) is 2.42. The average Bonchev–Trinajstić information content (AvgIpc) is 2.78. The number of likely N-dealkylation sites (tertiary alicyclic amines) is 1. The number of amides is 1. The molecule has 1 fully saturated rings. The van der Waals surface area contributed by atoms with E-state index in [2.05, 4.69) is 17.1 Å². The van der Waals surface area contributed by atoms with Gasteiger partial charge in [-0.3, -0.25) is 9.69 Å². The van der Waals surface area contributed by atoms with E-state index in [4.69, 9.17) is 0 Å². The first kappa shape index (κ1) is 14.5. The Kier molecular flexibility index (Phi) is 5.92. The maximum atomic E-state index is 12.3. The molecular formula is C13H27N3O. The fourth-order valence-corrected chi connectivity index (χ4v) is 2.76. The third-order valence-electron chi connectivity index (χ3n) is 3.79. The van der Waals surface area contributed by atoms with E-state index in [0.29, 0.717) is 6.04 Å². The highest BCUT2D eigenvalue weighted by molar-refractivity contribution is 5.81. The molecule has 1 saturated heterocycles. The fraction of sp³-hybridized carbons (Fsp3) is 0.923. The molecule has 1 heterocycles. The zero-order valence-corrected chi connectivity index (χ0v) is 11.7. The summed E-state index contributed by atoms with van der Waals surface area (Å²) in [5.74, 6) is 0.276. The van der Waals surface area contributed by atoms with Crippen LogP contribution in [0.4, 0.5) is 0 Å². The maximum absolute atomic E-state index is 12.3. The van der Waals surface area contributed by atoms with Crippen molar-refractivity contribution in [2.24, 2.45) is 0 Å². The number of hydrogen-bond donors (Lipinski definition) is 1. The van der Waals surface area contributed by atoms with Crippen LogP contribution in [0, 0.1) is 0 Å². The molecule has 0 bridgehead atoms. The molecule has 0 aromatic carbocycles. The fourth-order valence-electron chi connectivity index (χ4n) is 2.76. The topological polar surface area (TPSA) is 35.6 Å². The first-order valence-electron chi connectivity index (χ1n) is 6.84. The average molecular weight is 241 g/mol. The first-order valence-corrected chi connectivity index (χ1v) is 6.84. The van der Waals surface area contributed by atoms with Crippen LogP contribution < -0.4 is 5.32 Å². The Hall–Kier alpha value is -0.610. The van der Waals surface area contributed by atoms with Crippen molar-refractivity contribution in [3.63, 3.8) is 0 Å². The molecule has 2 unspecified atom stereocenters. The van der Waals surface area contributed by atoms with Crippen LogP contribution in [0.2, 0.25) is 0 Å². The second-order valence-electron chi connectivity index (χ2n) is 4.78. The lowest BCUT2D eigenvalue weighted by Gasteiger charge is -2.33. The molecule has 100 valence electrons. The molecule has 1 rings (SSSR count). The van der Waals surface area contributed by atoms with Gasteiger partial charge >= 0.3 is 0 Å². The number of carbonyl (C=O) groups is 1. The number of nitrogens with zero attached hydrogens (tertiary/aromatic N) is 2. The monoisotopic (exact) mass is 241 g/mol. The van der Waals surface area contributed by atoms with E-state index in [1.807, 2.05) is 25.8 Å². The van der Waals surface area contributed by atoms with Crippen LogP contribution in [0.1, 0.15) is 33.6 Å². The number of carbonyl (C=O) groups excluding carboxylic acids is 1. The van der Waals surface area contributed by atoms with Gasteiger partial charge in [0.25, 0.3) is 0 Å². The molecule has 0 spiro atoms. The van der Waals surface area contributed by atoms with Crippen LogP contribution in [0.3, 0.4) is 0 Å². The van der Waals surface area contributed by atoms with Gasteiger partial charge in [0.15, 0.2) is 0 Å². The van der Waals surface area contributed by atoms with E-state index in [-0.39, 0.29) is 11.9 Å². The quantitative estimate of drug-likeness (QED) is 0.751. The molecule has 0 aromatic heterocycles. The molecule has 2 atom stereocenters. The minimum Gasteiger partial charge on any atom is -0.342 e. The Balaban J connectivity index is 2.61. The Bertz CT molecular complexity index is 241. The van der Waals surface area contributed by atoms with Gasteiger partial charge in [0, 0.05) is 25.7 Å². The Morgan fingerprint density at radius 3 is 2.65 bits per heavy atom. The third-order valence-corrected chi connectivity index (χ3v) is 3.79. The highest BCUT2D eigenvalue weighted by atomic mass is 16.2. The molecule has 4 heteroatoms. The van der Waals surface area contributed by atoms with Crippen LogP contribution in [0.15, 0.2) is 0 Å². The number of hydrogen-bond acceptors (Lipinski definition) is 3. The van der Waals surface area contributed by atoms with E-state index < -0.39 is 0 Å². The Morgan fingerprint density at radius 2 is 2.12 bits per heavy atom. The lowest BCUT2D eigenvalue weighted by molar-refractivity contribution is -0.136. The summed E-state index contributed by atoms with van der Waals surface area (Å²) in [6, 6.07) is 0.547. The van der Waals surface area contributed by atoms with Gasteiger partial charge in [0.2, 0.25) is 5.91 Å². The molecule has 0 aliphatic carbocycles. The van der Waals surface area contributed by atoms with Crippen molar-refractivity contribution in [1.29, 1.82) is 0 Å². The molecule has 1 N–H and O–H groups in total. The standard InChI is InChI=1S/C13H27N3O/c1-5-15(6-2)13(17)11(3)16-9-7-8-12(16)10-14-4/h11-12,14H,5-10H2,1-4H3. The summed E-state index contributed by atoms with van der Waals surface area (Å²) in [7, 11) is 1.98. The number of rotatable bonds is 6. The minimum absolute atomic E-state index is 0.0238. The SMILES string of the molecule is CCN(CC)C(=O)C(C)N1CCCC1CNC. The van der Waals surface area contributed by atoms with Gasteiger partial charge in [-0.25, -0.2) is 0 Å². The first-order chi connectivity index (χ1) is 8.15. The molecule has 1 aliphatic heterocycles. The van der Waals surface area contributed by atoms with Crippen LogP contribution in [-0.2, 0) is 4.79 Å². The molecule has 1 aliphatic rings. The summed E-state index contributed by atoms with van der Waals surface area (Å²) in [6.45, 7) is 9.80. The van der Waals surface area contributed by atoms with Crippen LogP contribution in [-0.4, -0.2) is 61.0 Å². The predicted molar refractivity (Wildman–Crippen MR) is 71.0 cm³/mol. The van der Waals surface area contributed by atoms with E-state index >= 15 is 0 Å². The van der Waals surface area contributed by atoms with Gasteiger partial charge in [0.05, 0.1) is 6.04 Å². The van der Waals surface area contributed by atoms with Crippen LogP contribution in [0.5, 0.6) is 0 Å². The van der Waals surface area contributed by atoms with Crippen molar-refractivity contribution in [1.82, 2.24) is 15.1 Å². The van der Waals surface area contributed by atoms with Gasteiger partial charge in [0.1, 0.15) is 0 Å². The highest BCUT2D eigenvalue weighted by Crippen LogP contribution is 2.20. The van der Waals surface area contributed by atoms with E-state index in [1.54, 1.807) is 0 Å². The lowest BCUT2D eigenvalue weighted by Crippen LogP contribution is -2.50. The van der Waals surface area contributed by atoms with Crippen molar-refractivity contribution in [2.45, 2.75) is 45.7 Å². The second kappa shape index (κ2) is 6.97. The lowest BCUT2D eigenvalue weighted by atomic mass is 10.1. The van der Waals surface area contributed by atoms with E-state index in [0.717, 1.165) is 26.2 Å². The molecule has 0 radical (unpaired) electrons. The Labute approximate surface area is 105 Å².